The van der Waals surface area contributed by atoms with Crippen molar-refractivity contribution in [1.29, 1.82) is 0 Å². The zero-order valence-electron chi connectivity index (χ0n) is 13.3. The lowest BCUT2D eigenvalue weighted by Crippen LogP contribution is -2.23. The molecule has 2 heterocycles. The summed E-state index contributed by atoms with van der Waals surface area (Å²) in [5.74, 6) is 0. The van der Waals surface area contributed by atoms with E-state index in [1.54, 1.807) is 6.07 Å². The van der Waals surface area contributed by atoms with Crippen molar-refractivity contribution in [2.24, 2.45) is 0 Å². The van der Waals surface area contributed by atoms with Crippen LogP contribution in [0.5, 0.6) is 0 Å². The molecule has 0 atom stereocenters. The fourth-order valence-corrected chi connectivity index (χ4v) is 4.18. The molecule has 0 amide bonds. The molecule has 0 N–H and O–H groups in total. The highest BCUT2D eigenvalue weighted by Crippen LogP contribution is 2.37. The van der Waals surface area contributed by atoms with Crippen LogP contribution in [-0.2, 0) is 19.3 Å². The van der Waals surface area contributed by atoms with Crippen molar-refractivity contribution in [3.05, 3.63) is 67.6 Å². The third kappa shape index (κ3) is 2.43. The first-order valence-electron chi connectivity index (χ1n) is 7.98. The van der Waals surface area contributed by atoms with E-state index < -0.39 is 0 Å². The molecule has 2 aromatic heterocycles. The molecule has 1 aliphatic carbocycles. The van der Waals surface area contributed by atoms with Crippen molar-refractivity contribution in [1.82, 2.24) is 9.78 Å². The van der Waals surface area contributed by atoms with Gasteiger partial charge in [-0.3, -0.25) is 4.79 Å². The third-order valence-corrected chi connectivity index (χ3v) is 5.71. The van der Waals surface area contributed by atoms with Gasteiger partial charge >= 0.3 is 0 Å². The lowest BCUT2D eigenvalue weighted by atomic mass is 9.95. The molecule has 0 radical (unpaired) electrons. The highest BCUT2D eigenvalue weighted by molar-refractivity contribution is 7.12. The quantitative estimate of drug-likeness (QED) is 0.716. The first-order valence-corrected chi connectivity index (χ1v) is 8.79. The Morgan fingerprint density at radius 3 is 2.70 bits per heavy atom. The zero-order chi connectivity index (χ0) is 16.0. The Balaban J connectivity index is 1.90. The fraction of sp³-hybridized carbons (Fsp3) is 0.263. The lowest BCUT2D eigenvalue weighted by Gasteiger charge is -2.16. The Hall–Kier alpha value is -2.20. The smallest absolute Gasteiger partial charge is 0.267 e. The standard InChI is InChI=1S/C19H18N2OS/c1-3-15-11-16-17(23-15)9-6-13-10-18(22)21(20-19(13)16)14-7-4-12(2)5-8-14/h4-5,7-8,10-11H,3,6,9H2,1-2H3. The SMILES string of the molecule is CCc1cc2c(s1)CCc1cc(=O)n(-c3ccc(C)cc3)nc1-2. The number of aryl methyl sites for hydroxylation is 4. The molecular formula is C19H18N2OS. The Kier molecular flexibility index (Phi) is 3.42. The van der Waals surface area contributed by atoms with E-state index in [9.17, 15) is 4.79 Å². The molecule has 1 aromatic carbocycles. The minimum Gasteiger partial charge on any atom is -0.267 e. The van der Waals surface area contributed by atoms with Gasteiger partial charge in [-0.25, -0.2) is 0 Å². The van der Waals surface area contributed by atoms with Crippen LogP contribution in [-0.4, -0.2) is 9.78 Å². The number of thiophene rings is 1. The molecule has 0 spiro atoms. The van der Waals surface area contributed by atoms with E-state index in [1.807, 2.05) is 42.5 Å². The van der Waals surface area contributed by atoms with E-state index in [2.05, 4.69) is 13.0 Å². The molecular weight excluding hydrogens is 304 g/mol. The molecule has 0 saturated carbocycles. The maximum atomic E-state index is 12.5. The summed E-state index contributed by atoms with van der Waals surface area (Å²) in [5.41, 5.74) is 5.21. The molecule has 0 unspecified atom stereocenters. The maximum Gasteiger partial charge on any atom is 0.271 e. The van der Waals surface area contributed by atoms with Crippen LogP contribution in [0.3, 0.4) is 0 Å². The summed E-state index contributed by atoms with van der Waals surface area (Å²) in [6, 6.07) is 11.9. The van der Waals surface area contributed by atoms with Crippen LogP contribution < -0.4 is 5.56 Å². The molecule has 3 nitrogen and oxygen atoms in total. The van der Waals surface area contributed by atoms with Gasteiger partial charge in [-0.15, -0.1) is 11.3 Å². The van der Waals surface area contributed by atoms with Crippen molar-refractivity contribution in [2.75, 3.05) is 0 Å². The zero-order valence-corrected chi connectivity index (χ0v) is 14.1. The van der Waals surface area contributed by atoms with Crippen LogP contribution in [0.25, 0.3) is 16.9 Å². The lowest BCUT2D eigenvalue weighted by molar-refractivity contribution is 0.786. The van der Waals surface area contributed by atoms with Gasteiger partial charge in [0.1, 0.15) is 0 Å². The molecule has 4 heteroatoms. The summed E-state index contributed by atoms with van der Waals surface area (Å²) >= 11 is 1.88. The fourth-order valence-electron chi connectivity index (χ4n) is 3.07. The summed E-state index contributed by atoms with van der Waals surface area (Å²) in [6.45, 7) is 4.22. The molecule has 0 bridgehead atoms. The number of rotatable bonds is 2. The Morgan fingerprint density at radius 1 is 1.17 bits per heavy atom. The topological polar surface area (TPSA) is 34.9 Å². The molecule has 23 heavy (non-hydrogen) atoms. The normalized spacial score (nSPS) is 12.8. The van der Waals surface area contributed by atoms with Crippen LogP contribution >= 0.6 is 11.3 Å². The third-order valence-electron chi connectivity index (χ3n) is 4.37. The highest BCUT2D eigenvalue weighted by Gasteiger charge is 2.22. The minimum atomic E-state index is -0.0537. The molecule has 0 fully saturated rings. The van der Waals surface area contributed by atoms with Crippen molar-refractivity contribution in [3.8, 4) is 16.9 Å². The Bertz CT molecular complexity index is 935. The Morgan fingerprint density at radius 2 is 1.96 bits per heavy atom. The van der Waals surface area contributed by atoms with Gasteiger partial charge in [-0.2, -0.15) is 9.78 Å². The highest BCUT2D eigenvalue weighted by atomic mass is 32.1. The van der Waals surface area contributed by atoms with E-state index >= 15 is 0 Å². The first kappa shape index (κ1) is 14.4. The van der Waals surface area contributed by atoms with E-state index in [0.717, 1.165) is 36.2 Å². The number of aromatic nitrogens is 2. The summed E-state index contributed by atoms with van der Waals surface area (Å²) < 4.78 is 1.52. The number of nitrogens with zero attached hydrogens (tertiary/aromatic N) is 2. The predicted octanol–water partition coefficient (Wildman–Crippen LogP) is 3.93. The molecule has 116 valence electrons. The number of benzene rings is 1. The molecule has 0 saturated heterocycles. The summed E-state index contributed by atoms with van der Waals surface area (Å²) in [7, 11) is 0. The van der Waals surface area contributed by atoms with Gasteiger partial charge in [0.2, 0.25) is 0 Å². The Labute approximate surface area is 139 Å². The van der Waals surface area contributed by atoms with Gasteiger partial charge in [-0.1, -0.05) is 24.6 Å². The van der Waals surface area contributed by atoms with Crippen LogP contribution in [0.1, 0.15) is 27.8 Å². The first-order chi connectivity index (χ1) is 11.2. The molecule has 1 aliphatic rings. The second-order valence-corrected chi connectivity index (χ2v) is 7.23. The molecule has 3 aromatic rings. The van der Waals surface area contributed by atoms with Crippen LogP contribution in [0, 0.1) is 6.92 Å². The molecule has 4 rings (SSSR count). The largest absolute Gasteiger partial charge is 0.271 e. The second-order valence-electron chi connectivity index (χ2n) is 6.01. The monoisotopic (exact) mass is 322 g/mol. The minimum absolute atomic E-state index is 0.0537. The van der Waals surface area contributed by atoms with Crippen molar-refractivity contribution in [3.63, 3.8) is 0 Å². The summed E-state index contributed by atoms with van der Waals surface area (Å²) in [4.78, 5) is 15.2. The van der Waals surface area contributed by atoms with E-state index in [1.165, 1.54) is 25.6 Å². The van der Waals surface area contributed by atoms with Crippen LogP contribution in [0.4, 0.5) is 0 Å². The van der Waals surface area contributed by atoms with Gasteiger partial charge < -0.3 is 0 Å². The van der Waals surface area contributed by atoms with E-state index in [0.29, 0.717) is 0 Å². The molecule has 0 aliphatic heterocycles. The van der Waals surface area contributed by atoms with Crippen molar-refractivity contribution in [2.45, 2.75) is 33.1 Å². The summed E-state index contributed by atoms with van der Waals surface area (Å²) in [6.07, 6.45) is 2.97. The number of hydrogen-bond acceptors (Lipinski definition) is 3. The van der Waals surface area contributed by atoms with E-state index in [-0.39, 0.29) is 5.56 Å². The number of fused-ring (bicyclic) bond motifs is 3. The van der Waals surface area contributed by atoms with Crippen LogP contribution in [0.15, 0.2) is 41.2 Å². The second kappa shape index (κ2) is 5.46. The summed E-state index contributed by atoms with van der Waals surface area (Å²) in [5, 5.41) is 4.71. The van der Waals surface area contributed by atoms with Gasteiger partial charge in [0.05, 0.1) is 11.4 Å². The average Bonchev–Trinajstić information content (AvgIpc) is 2.99. The van der Waals surface area contributed by atoms with E-state index in [4.69, 9.17) is 5.10 Å². The van der Waals surface area contributed by atoms with Gasteiger partial charge in [0.25, 0.3) is 5.56 Å². The van der Waals surface area contributed by atoms with Gasteiger partial charge in [0.15, 0.2) is 0 Å². The van der Waals surface area contributed by atoms with Crippen molar-refractivity contribution < 1.29 is 0 Å². The van der Waals surface area contributed by atoms with Gasteiger partial charge in [0, 0.05) is 21.4 Å². The van der Waals surface area contributed by atoms with Crippen LogP contribution in [0.2, 0.25) is 0 Å². The maximum absolute atomic E-state index is 12.5. The van der Waals surface area contributed by atoms with Gasteiger partial charge in [-0.05, 0) is 49.9 Å². The predicted molar refractivity (Wildman–Crippen MR) is 94.7 cm³/mol. The number of hydrogen-bond donors (Lipinski definition) is 0. The van der Waals surface area contributed by atoms with Crippen molar-refractivity contribution >= 4 is 11.3 Å². The average molecular weight is 322 g/mol.